The zero-order valence-corrected chi connectivity index (χ0v) is 6.11. The molecule has 0 saturated carbocycles. The Morgan fingerprint density at radius 2 is 2.44 bits per heavy atom. The van der Waals surface area contributed by atoms with Crippen LogP contribution in [0, 0.1) is 0 Å². The summed E-state index contributed by atoms with van der Waals surface area (Å²) in [5.74, 6) is 0. The minimum atomic E-state index is 0.274. The number of halogens is 1. The normalized spacial score (nSPS) is 35.3. The predicted molar refractivity (Wildman–Crippen MR) is 35.9 cm³/mol. The van der Waals surface area contributed by atoms with Gasteiger partial charge in [0.1, 0.15) is 0 Å². The van der Waals surface area contributed by atoms with E-state index in [0.717, 1.165) is 13.0 Å². The van der Waals surface area contributed by atoms with Crippen LogP contribution in [-0.2, 0) is 4.74 Å². The Labute approximate surface area is 59.8 Å². The minimum absolute atomic E-state index is 0.274. The van der Waals surface area contributed by atoms with Crippen LogP contribution in [-0.4, -0.2) is 18.8 Å². The predicted octanol–water partition coefficient (Wildman–Crippen LogP) is 0.412. The molecule has 0 unspecified atom stereocenters. The van der Waals surface area contributed by atoms with E-state index >= 15 is 0 Å². The van der Waals surface area contributed by atoms with E-state index in [4.69, 9.17) is 16.5 Å². The highest BCUT2D eigenvalue weighted by Gasteiger charge is 2.22. The van der Waals surface area contributed by atoms with Crippen molar-refractivity contribution in [2.75, 3.05) is 6.61 Å². The highest BCUT2D eigenvalue weighted by Crippen LogP contribution is 2.11. The van der Waals surface area contributed by atoms with Crippen molar-refractivity contribution < 1.29 is 4.74 Å². The van der Waals surface area contributed by atoms with Crippen LogP contribution < -0.4 is 10.4 Å². The smallest absolute Gasteiger partial charge is 0.0714 e. The SMILES string of the molecule is C[C@H]1OCC[C@H]1NNCl. The van der Waals surface area contributed by atoms with E-state index in [1.165, 1.54) is 0 Å². The van der Waals surface area contributed by atoms with Crippen LogP contribution in [0.25, 0.3) is 0 Å². The van der Waals surface area contributed by atoms with Gasteiger partial charge in [0.2, 0.25) is 0 Å². The van der Waals surface area contributed by atoms with E-state index in [9.17, 15) is 0 Å². The van der Waals surface area contributed by atoms with Crippen LogP contribution >= 0.6 is 11.8 Å². The highest BCUT2D eigenvalue weighted by atomic mass is 35.5. The monoisotopic (exact) mass is 150 g/mol. The second kappa shape index (κ2) is 3.37. The van der Waals surface area contributed by atoms with Crippen LogP contribution in [0.1, 0.15) is 13.3 Å². The average Bonchev–Trinajstić information content (AvgIpc) is 2.18. The van der Waals surface area contributed by atoms with E-state index in [-0.39, 0.29) is 6.10 Å². The van der Waals surface area contributed by atoms with Gasteiger partial charge in [0, 0.05) is 6.61 Å². The third kappa shape index (κ3) is 1.79. The van der Waals surface area contributed by atoms with Crippen LogP contribution in [0.2, 0.25) is 0 Å². The topological polar surface area (TPSA) is 33.3 Å². The van der Waals surface area contributed by atoms with Gasteiger partial charge >= 0.3 is 0 Å². The van der Waals surface area contributed by atoms with Crippen LogP contribution in [0.4, 0.5) is 0 Å². The van der Waals surface area contributed by atoms with Crippen molar-refractivity contribution in [2.45, 2.75) is 25.5 Å². The number of rotatable bonds is 2. The first-order valence-corrected chi connectivity index (χ1v) is 3.45. The maximum atomic E-state index is 5.26. The molecular weight excluding hydrogens is 140 g/mol. The Morgan fingerprint density at radius 1 is 1.67 bits per heavy atom. The van der Waals surface area contributed by atoms with Crippen LogP contribution in [0.15, 0.2) is 0 Å². The Balaban J connectivity index is 2.22. The molecule has 4 heteroatoms. The molecular formula is C5H11ClN2O. The molecule has 0 aromatic carbocycles. The zero-order chi connectivity index (χ0) is 6.69. The number of hydrogen-bond acceptors (Lipinski definition) is 3. The molecule has 0 aromatic heterocycles. The molecule has 0 radical (unpaired) electrons. The molecule has 0 bridgehead atoms. The summed E-state index contributed by atoms with van der Waals surface area (Å²) in [6, 6.07) is 0.363. The first-order chi connectivity index (χ1) is 4.34. The first-order valence-electron chi connectivity index (χ1n) is 3.07. The molecule has 1 aliphatic heterocycles. The van der Waals surface area contributed by atoms with E-state index in [1.807, 2.05) is 6.92 Å². The van der Waals surface area contributed by atoms with E-state index < -0.39 is 0 Å². The molecule has 54 valence electrons. The average molecular weight is 151 g/mol. The molecule has 3 nitrogen and oxygen atoms in total. The molecule has 1 saturated heterocycles. The fourth-order valence-corrected chi connectivity index (χ4v) is 1.13. The van der Waals surface area contributed by atoms with Gasteiger partial charge in [-0.15, -0.1) is 0 Å². The lowest BCUT2D eigenvalue weighted by Gasteiger charge is -2.12. The molecule has 1 rings (SSSR count). The zero-order valence-electron chi connectivity index (χ0n) is 5.36. The van der Waals surface area contributed by atoms with Crippen molar-refractivity contribution in [1.29, 1.82) is 0 Å². The summed E-state index contributed by atoms with van der Waals surface area (Å²) >= 11 is 5.23. The Morgan fingerprint density at radius 3 is 2.89 bits per heavy atom. The molecule has 0 aromatic rings. The summed E-state index contributed by atoms with van der Waals surface area (Å²) in [5, 5.41) is 0. The maximum absolute atomic E-state index is 5.26. The molecule has 1 aliphatic rings. The number of hydrogen-bond donors (Lipinski definition) is 2. The third-order valence-electron chi connectivity index (χ3n) is 1.62. The quantitative estimate of drug-likeness (QED) is 0.442. The van der Waals surface area contributed by atoms with Gasteiger partial charge in [0.15, 0.2) is 0 Å². The van der Waals surface area contributed by atoms with Crippen molar-refractivity contribution >= 4 is 11.8 Å². The summed E-state index contributed by atoms with van der Waals surface area (Å²) in [6.07, 6.45) is 1.30. The van der Waals surface area contributed by atoms with Crippen molar-refractivity contribution in [3.8, 4) is 0 Å². The Kier molecular flexibility index (Phi) is 2.72. The number of hydrazine groups is 1. The second-order valence-electron chi connectivity index (χ2n) is 2.21. The van der Waals surface area contributed by atoms with Gasteiger partial charge in [-0.2, -0.15) is 4.94 Å². The van der Waals surface area contributed by atoms with Gasteiger partial charge in [-0.1, -0.05) is 0 Å². The highest BCUT2D eigenvalue weighted by molar-refractivity contribution is 6.13. The minimum Gasteiger partial charge on any atom is -0.377 e. The van der Waals surface area contributed by atoms with Gasteiger partial charge in [-0.3, -0.25) is 0 Å². The van der Waals surface area contributed by atoms with Gasteiger partial charge in [-0.05, 0) is 25.1 Å². The molecule has 2 N–H and O–H groups in total. The molecule has 9 heavy (non-hydrogen) atoms. The summed E-state index contributed by atoms with van der Waals surface area (Å²) in [6.45, 7) is 2.86. The van der Waals surface area contributed by atoms with E-state index in [2.05, 4.69) is 10.4 Å². The van der Waals surface area contributed by atoms with E-state index in [1.54, 1.807) is 0 Å². The van der Waals surface area contributed by atoms with Crippen molar-refractivity contribution in [3.63, 3.8) is 0 Å². The van der Waals surface area contributed by atoms with Crippen molar-refractivity contribution in [2.24, 2.45) is 0 Å². The van der Waals surface area contributed by atoms with Crippen LogP contribution in [0.3, 0.4) is 0 Å². The molecule has 1 heterocycles. The molecule has 0 aliphatic carbocycles. The summed E-state index contributed by atoms with van der Waals surface area (Å²) in [4.78, 5) is 2.38. The standard InChI is InChI=1S/C5H11ClN2O/c1-4-5(7-8-6)2-3-9-4/h4-5,7-8H,2-3H2,1H3/t4-,5-/m1/s1. The first kappa shape index (κ1) is 7.28. The Bertz CT molecular complexity index is 91.0. The Hall–Kier alpha value is 0.170. The van der Waals surface area contributed by atoms with E-state index in [0.29, 0.717) is 6.04 Å². The molecule has 1 fully saturated rings. The van der Waals surface area contributed by atoms with Crippen LogP contribution in [0.5, 0.6) is 0 Å². The largest absolute Gasteiger partial charge is 0.377 e. The summed E-state index contributed by atoms with van der Waals surface area (Å²) in [7, 11) is 0. The van der Waals surface area contributed by atoms with Crippen molar-refractivity contribution in [3.05, 3.63) is 0 Å². The molecule has 0 spiro atoms. The number of nitrogens with one attached hydrogen (secondary N) is 2. The lowest BCUT2D eigenvalue weighted by molar-refractivity contribution is 0.112. The van der Waals surface area contributed by atoms with Crippen molar-refractivity contribution in [1.82, 2.24) is 10.4 Å². The van der Waals surface area contributed by atoms with Gasteiger partial charge in [-0.25, -0.2) is 5.43 Å². The fraction of sp³-hybridized carbons (Fsp3) is 1.00. The maximum Gasteiger partial charge on any atom is 0.0714 e. The number of ether oxygens (including phenoxy) is 1. The van der Waals surface area contributed by atoms with Gasteiger partial charge < -0.3 is 4.74 Å². The lowest BCUT2D eigenvalue weighted by atomic mass is 10.2. The molecule has 0 amide bonds. The van der Waals surface area contributed by atoms with Gasteiger partial charge in [0.05, 0.1) is 12.1 Å². The lowest BCUT2D eigenvalue weighted by Crippen LogP contribution is -2.39. The summed E-state index contributed by atoms with van der Waals surface area (Å²) in [5.41, 5.74) is 2.88. The van der Waals surface area contributed by atoms with Gasteiger partial charge in [0.25, 0.3) is 0 Å². The summed E-state index contributed by atoms with van der Waals surface area (Å²) < 4.78 is 5.26. The molecule has 2 atom stereocenters. The second-order valence-corrected chi connectivity index (χ2v) is 2.40. The third-order valence-corrected chi connectivity index (χ3v) is 1.73. The fourth-order valence-electron chi connectivity index (χ4n) is 0.991.